The number of anilines is 1. The SMILES string of the molecule is CC(C)NCc1ccc(F)c(N(C)C2CCN(C)CC2)c1. The molecule has 0 unspecified atom stereocenters. The van der Waals surface area contributed by atoms with Crippen molar-refractivity contribution in [1.29, 1.82) is 0 Å². The van der Waals surface area contributed by atoms with Crippen molar-refractivity contribution in [2.24, 2.45) is 0 Å². The molecule has 1 heterocycles. The van der Waals surface area contributed by atoms with Crippen LogP contribution in [0.5, 0.6) is 0 Å². The first kappa shape index (κ1) is 16.2. The van der Waals surface area contributed by atoms with Crippen LogP contribution in [-0.2, 0) is 6.54 Å². The number of likely N-dealkylation sites (tertiary alicyclic amines) is 1. The van der Waals surface area contributed by atoms with Gasteiger partial charge in [0.25, 0.3) is 0 Å². The highest BCUT2D eigenvalue weighted by molar-refractivity contribution is 5.50. The second kappa shape index (κ2) is 7.23. The average Bonchev–Trinajstić information content (AvgIpc) is 2.46. The lowest BCUT2D eigenvalue weighted by atomic mass is 10.0. The van der Waals surface area contributed by atoms with Gasteiger partial charge in [0.05, 0.1) is 5.69 Å². The summed E-state index contributed by atoms with van der Waals surface area (Å²) < 4.78 is 14.2. The van der Waals surface area contributed by atoms with Gasteiger partial charge in [0.1, 0.15) is 5.82 Å². The summed E-state index contributed by atoms with van der Waals surface area (Å²) in [6, 6.07) is 6.33. The fourth-order valence-corrected chi connectivity index (χ4v) is 2.84. The molecule has 118 valence electrons. The predicted molar refractivity (Wildman–Crippen MR) is 87.3 cm³/mol. The molecule has 1 fully saturated rings. The van der Waals surface area contributed by atoms with Gasteiger partial charge in [0.2, 0.25) is 0 Å². The van der Waals surface area contributed by atoms with Crippen molar-refractivity contribution in [2.75, 3.05) is 32.1 Å². The molecule has 2 rings (SSSR count). The van der Waals surface area contributed by atoms with E-state index in [1.54, 1.807) is 6.07 Å². The highest BCUT2D eigenvalue weighted by Gasteiger charge is 2.22. The minimum Gasteiger partial charge on any atom is -0.369 e. The Labute approximate surface area is 128 Å². The molecule has 1 aliphatic heterocycles. The molecule has 1 aromatic rings. The highest BCUT2D eigenvalue weighted by Crippen LogP contribution is 2.25. The zero-order chi connectivity index (χ0) is 15.4. The topological polar surface area (TPSA) is 18.5 Å². The monoisotopic (exact) mass is 293 g/mol. The normalized spacial score (nSPS) is 17.4. The van der Waals surface area contributed by atoms with Crippen LogP contribution in [0.3, 0.4) is 0 Å². The molecule has 0 amide bonds. The van der Waals surface area contributed by atoms with Crippen LogP contribution in [0.15, 0.2) is 18.2 Å². The minimum atomic E-state index is -0.121. The fourth-order valence-electron chi connectivity index (χ4n) is 2.84. The summed E-state index contributed by atoms with van der Waals surface area (Å²) >= 11 is 0. The molecule has 0 bridgehead atoms. The quantitative estimate of drug-likeness (QED) is 0.900. The zero-order valence-corrected chi connectivity index (χ0v) is 13.7. The maximum absolute atomic E-state index is 14.2. The molecule has 1 saturated heterocycles. The summed E-state index contributed by atoms with van der Waals surface area (Å²) in [5, 5.41) is 3.39. The first-order valence-electron chi connectivity index (χ1n) is 7.90. The summed E-state index contributed by atoms with van der Waals surface area (Å²) in [7, 11) is 4.17. The van der Waals surface area contributed by atoms with Gasteiger partial charge in [-0.15, -0.1) is 0 Å². The zero-order valence-electron chi connectivity index (χ0n) is 13.7. The Balaban J connectivity index is 2.08. The van der Waals surface area contributed by atoms with E-state index in [1.807, 2.05) is 19.2 Å². The van der Waals surface area contributed by atoms with Gasteiger partial charge in [-0.3, -0.25) is 0 Å². The van der Waals surface area contributed by atoms with Crippen LogP contribution in [0.4, 0.5) is 10.1 Å². The molecule has 0 aliphatic carbocycles. The van der Waals surface area contributed by atoms with Crippen molar-refractivity contribution in [2.45, 2.75) is 45.3 Å². The van der Waals surface area contributed by atoms with E-state index < -0.39 is 0 Å². The Morgan fingerprint density at radius 1 is 1.33 bits per heavy atom. The van der Waals surface area contributed by atoms with E-state index in [1.165, 1.54) is 0 Å². The number of hydrogen-bond donors (Lipinski definition) is 1. The number of halogens is 1. The fraction of sp³-hybridized carbons (Fsp3) is 0.647. The van der Waals surface area contributed by atoms with Crippen molar-refractivity contribution in [3.8, 4) is 0 Å². The molecule has 1 N–H and O–H groups in total. The number of hydrogen-bond acceptors (Lipinski definition) is 3. The molecule has 4 heteroatoms. The summed E-state index contributed by atoms with van der Waals surface area (Å²) in [5.74, 6) is -0.121. The molecule has 0 saturated carbocycles. The van der Waals surface area contributed by atoms with Gasteiger partial charge < -0.3 is 15.1 Å². The maximum atomic E-state index is 14.2. The van der Waals surface area contributed by atoms with Crippen molar-refractivity contribution in [1.82, 2.24) is 10.2 Å². The Kier molecular flexibility index (Phi) is 5.59. The summed E-state index contributed by atoms with van der Waals surface area (Å²) in [6.45, 7) is 7.20. The van der Waals surface area contributed by atoms with E-state index >= 15 is 0 Å². The van der Waals surface area contributed by atoms with Crippen LogP contribution < -0.4 is 10.2 Å². The lowest BCUT2D eigenvalue weighted by Gasteiger charge is -2.36. The molecule has 0 spiro atoms. The Hall–Kier alpha value is -1.13. The standard InChI is InChI=1S/C17H28FN3/c1-13(2)19-12-14-5-6-16(18)17(11-14)21(4)15-7-9-20(3)10-8-15/h5-6,11,13,15,19H,7-10,12H2,1-4H3. The molecular formula is C17H28FN3. The van der Waals surface area contributed by atoms with Gasteiger partial charge in [-0.25, -0.2) is 4.39 Å². The van der Waals surface area contributed by atoms with Crippen molar-refractivity contribution in [3.63, 3.8) is 0 Å². The van der Waals surface area contributed by atoms with Crippen LogP contribution in [0.1, 0.15) is 32.3 Å². The average molecular weight is 293 g/mol. The van der Waals surface area contributed by atoms with Gasteiger partial charge in [0, 0.05) is 25.7 Å². The third-order valence-electron chi connectivity index (χ3n) is 4.34. The molecule has 0 atom stereocenters. The molecule has 21 heavy (non-hydrogen) atoms. The largest absolute Gasteiger partial charge is 0.369 e. The number of rotatable bonds is 5. The molecule has 0 radical (unpaired) electrons. The summed E-state index contributed by atoms with van der Waals surface area (Å²) in [4.78, 5) is 4.46. The first-order valence-corrected chi connectivity index (χ1v) is 7.90. The molecule has 3 nitrogen and oxygen atoms in total. The van der Waals surface area contributed by atoms with Crippen molar-refractivity contribution in [3.05, 3.63) is 29.6 Å². The van der Waals surface area contributed by atoms with Crippen molar-refractivity contribution < 1.29 is 4.39 Å². The smallest absolute Gasteiger partial charge is 0.146 e. The molecule has 0 aromatic heterocycles. The lowest BCUT2D eigenvalue weighted by molar-refractivity contribution is 0.252. The Morgan fingerprint density at radius 3 is 2.62 bits per heavy atom. The summed E-state index contributed by atoms with van der Waals surface area (Å²) in [5.41, 5.74) is 1.87. The number of piperidine rings is 1. The Morgan fingerprint density at radius 2 is 2.00 bits per heavy atom. The molecule has 1 aliphatic rings. The van der Waals surface area contributed by atoms with E-state index in [0.29, 0.717) is 12.1 Å². The van der Waals surface area contributed by atoms with E-state index in [2.05, 4.69) is 36.0 Å². The van der Waals surface area contributed by atoms with Crippen molar-refractivity contribution >= 4 is 5.69 Å². The molecule has 1 aromatic carbocycles. The third-order valence-corrected chi connectivity index (χ3v) is 4.34. The van der Waals surface area contributed by atoms with Crippen LogP contribution in [0, 0.1) is 5.82 Å². The van der Waals surface area contributed by atoms with Gasteiger partial charge in [-0.1, -0.05) is 19.9 Å². The second-order valence-electron chi connectivity index (χ2n) is 6.47. The second-order valence-corrected chi connectivity index (χ2v) is 6.47. The Bertz CT molecular complexity index is 453. The van der Waals surface area contributed by atoms with Gasteiger partial charge in [0.15, 0.2) is 0 Å². The number of nitrogens with one attached hydrogen (secondary N) is 1. The van der Waals surface area contributed by atoms with E-state index in [9.17, 15) is 4.39 Å². The first-order chi connectivity index (χ1) is 9.97. The summed E-state index contributed by atoms with van der Waals surface area (Å²) in [6.07, 6.45) is 2.20. The maximum Gasteiger partial charge on any atom is 0.146 e. The highest BCUT2D eigenvalue weighted by atomic mass is 19.1. The van der Waals surface area contributed by atoms with Crippen LogP contribution in [0.25, 0.3) is 0 Å². The van der Waals surface area contributed by atoms with Crippen LogP contribution in [0.2, 0.25) is 0 Å². The van der Waals surface area contributed by atoms with Crippen LogP contribution in [-0.4, -0.2) is 44.2 Å². The van der Waals surface area contributed by atoms with Gasteiger partial charge in [-0.2, -0.15) is 0 Å². The number of nitrogens with zero attached hydrogens (tertiary/aromatic N) is 2. The van der Waals surface area contributed by atoms with E-state index in [0.717, 1.165) is 43.7 Å². The number of benzene rings is 1. The third kappa shape index (κ3) is 4.42. The lowest BCUT2D eigenvalue weighted by Crippen LogP contribution is -2.42. The van der Waals surface area contributed by atoms with E-state index in [-0.39, 0.29) is 5.82 Å². The van der Waals surface area contributed by atoms with E-state index in [4.69, 9.17) is 0 Å². The van der Waals surface area contributed by atoms with Crippen LogP contribution >= 0.6 is 0 Å². The van der Waals surface area contributed by atoms with Gasteiger partial charge in [-0.05, 0) is 50.7 Å². The molecular weight excluding hydrogens is 265 g/mol. The minimum absolute atomic E-state index is 0.121. The predicted octanol–water partition coefficient (Wildman–Crippen LogP) is 2.85. The van der Waals surface area contributed by atoms with Gasteiger partial charge >= 0.3 is 0 Å².